The van der Waals surface area contributed by atoms with Crippen molar-refractivity contribution in [1.29, 1.82) is 0 Å². The molecule has 0 bridgehead atoms. The monoisotopic (exact) mass is 588 g/mol. The van der Waals surface area contributed by atoms with Crippen LogP contribution < -0.4 is 36.8 Å². The van der Waals surface area contributed by atoms with Gasteiger partial charge in [-0.1, -0.05) is 23.5 Å². The van der Waals surface area contributed by atoms with E-state index in [0.29, 0.717) is 29.9 Å². The number of nitrogens with zero attached hydrogens (tertiary/aromatic N) is 1. The molecule has 2 aromatic carbocycles. The lowest BCUT2D eigenvalue weighted by atomic mass is 10.1. The Hall–Kier alpha value is -4.70. The Bertz CT molecular complexity index is 1490. The number of thiazole rings is 1. The molecule has 1 aromatic heterocycles. The first-order valence-electron chi connectivity index (χ1n) is 11.5. The maximum absolute atomic E-state index is 13.0. The first-order chi connectivity index (χ1) is 18.8. The third kappa shape index (κ3) is 8.95. The molecule has 212 valence electrons. The van der Waals surface area contributed by atoms with Crippen LogP contribution in [0.5, 0.6) is 0 Å². The van der Waals surface area contributed by atoms with Gasteiger partial charge >= 0.3 is 0 Å². The van der Waals surface area contributed by atoms with Crippen LogP contribution in [0.3, 0.4) is 0 Å². The second-order valence-corrected chi connectivity index (χ2v) is 11.4. The van der Waals surface area contributed by atoms with E-state index in [-0.39, 0.29) is 20.8 Å². The van der Waals surface area contributed by atoms with Crippen LogP contribution in [0.15, 0.2) is 53.4 Å². The molecule has 0 atom stereocenters. The fourth-order valence-corrected chi connectivity index (χ4v) is 5.00. The van der Waals surface area contributed by atoms with Crippen LogP contribution in [0.2, 0.25) is 0 Å². The van der Waals surface area contributed by atoms with Gasteiger partial charge in [0.05, 0.1) is 10.6 Å². The first-order valence-corrected chi connectivity index (χ1v) is 14.2. The Morgan fingerprint density at radius 2 is 1.45 bits per heavy atom. The summed E-state index contributed by atoms with van der Waals surface area (Å²) in [5.74, 6) is -0.839. The van der Waals surface area contributed by atoms with E-state index in [1.165, 1.54) is 31.2 Å². The molecule has 0 fully saturated rings. The topological polar surface area (TPSA) is 222 Å². The summed E-state index contributed by atoms with van der Waals surface area (Å²) in [4.78, 5) is 50.8. The number of hydrogen-bond acceptors (Lipinski definition) is 11. The number of carboxylic acid groups (broad SMARTS) is 2. The van der Waals surface area contributed by atoms with Gasteiger partial charge in [0.2, 0.25) is 5.91 Å². The van der Waals surface area contributed by atoms with Gasteiger partial charge in [-0.25, -0.2) is 13.4 Å². The number of rotatable bonds is 11. The highest BCUT2D eigenvalue weighted by Crippen LogP contribution is 2.26. The Labute approximate surface area is 232 Å². The Morgan fingerprint density at radius 1 is 0.875 bits per heavy atom. The minimum absolute atomic E-state index is 0.110. The van der Waals surface area contributed by atoms with E-state index < -0.39 is 34.2 Å². The molecule has 0 aliphatic carbocycles. The standard InChI is InChI=1S/C24H26N6O8S2/c1-13(31)25-22-28-18(19(39-22)20(32)26-15-8-10-17(11-9-15)40(2,37)38)12-5-14-3-6-16(7-4-14)27-21(29-23(33)34)30-24(35)36/h3-4,6-11,21,27,29-30H,5,12H2,1-2H3,(H,26,32)(H,33,34)(H,35,36)(H,25,28,31)/p-2. The van der Waals surface area contributed by atoms with E-state index in [2.05, 4.69) is 20.9 Å². The summed E-state index contributed by atoms with van der Waals surface area (Å²) in [6, 6.07) is 12.3. The number of anilines is 3. The van der Waals surface area contributed by atoms with Gasteiger partial charge in [-0.05, 0) is 54.8 Å². The molecule has 3 rings (SSSR count). The van der Waals surface area contributed by atoms with Crippen molar-refractivity contribution in [2.24, 2.45) is 0 Å². The predicted molar refractivity (Wildman–Crippen MR) is 142 cm³/mol. The van der Waals surface area contributed by atoms with Crippen molar-refractivity contribution in [1.82, 2.24) is 15.6 Å². The molecule has 40 heavy (non-hydrogen) atoms. The van der Waals surface area contributed by atoms with Gasteiger partial charge in [-0.3, -0.25) is 9.59 Å². The first kappa shape index (κ1) is 29.9. The lowest BCUT2D eigenvalue weighted by molar-refractivity contribution is -0.255. The summed E-state index contributed by atoms with van der Waals surface area (Å²) < 4.78 is 23.3. The number of hydrogen-bond donors (Lipinski definition) is 5. The van der Waals surface area contributed by atoms with Crippen molar-refractivity contribution < 1.29 is 37.8 Å². The van der Waals surface area contributed by atoms with Crippen LogP contribution in [0.25, 0.3) is 0 Å². The average molecular weight is 589 g/mol. The normalized spacial score (nSPS) is 11.0. The summed E-state index contributed by atoms with van der Waals surface area (Å²) in [7, 11) is -3.39. The van der Waals surface area contributed by atoms with E-state index in [9.17, 15) is 37.8 Å². The van der Waals surface area contributed by atoms with E-state index >= 15 is 0 Å². The van der Waals surface area contributed by atoms with Crippen molar-refractivity contribution >= 4 is 61.7 Å². The van der Waals surface area contributed by atoms with Crippen molar-refractivity contribution in [3.8, 4) is 0 Å². The molecule has 0 aliphatic heterocycles. The maximum atomic E-state index is 13.0. The number of amides is 4. The molecule has 0 radical (unpaired) electrons. The molecule has 3 aromatic rings. The van der Waals surface area contributed by atoms with Gasteiger partial charge in [0, 0.05) is 24.6 Å². The van der Waals surface area contributed by atoms with Crippen LogP contribution in [-0.2, 0) is 27.5 Å². The van der Waals surface area contributed by atoms with Crippen molar-refractivity contribution in [3.05, 3.63) is 64.7 Å². The Kier molecular flexibility index (Phi) is 9.63. The number of aromatic nitrogens is 1. The summed E-state index contributed by atoms with van der Waals surface area (Å²) in [5.41, 5.74) is 2.01. The third-order valence-electron chi connectivity index (χ3n) is 5.17. The molecular formula is C24H24N6O8S2-2. The second kappa shape index (κ2) is 12.9. The fraction of sp³-hybridized carbons (Fsp3) is 0.208. The van der Waals surface area contributed by atoms with Crippen LogP contribution in [0.1, 0.15) is 27.9 Å². The molecule has 0 unspecified atom stereocenters. The van der Waals surface area contributed by atoms with Gasteiger partial charge in [-0.2, -0.15) is 0 Å². The fourth-order valence-electron chi connectivity index (χ4n) is 3.42. The number of nitrogens with one attached hydrogen (secondary N) is 5. The molecule has 4 amide bonds. The molecule has 5 N–H and O–H groups in total. The zero-order valence-corrected chi connectivity index (χ0v) is 22.8. The van der Waals surface area contributed by atoms with Crippen LogP contribution in [0.4, 0.5) is 26.1 Å². The highest BCUT2D eigenvalue weighted by molar-refractivity contribution is 7.90. The van der Waals surface area contributed by atoms with Crippen molar-refractivity contribution in [2.75, 3.05) is 22.2 Å². The molecule has 0 saturated heterocycles. The smallest absolute Gasteiger partial charge is 0.267 e. The number of sulfone groups is 1. The Balaban J connectivity index is 1.72. The summed E-state index contributed by atoms with van der Waals surface area (Å²) >= 11 is 0.996. The van der Waals surface area contributed by atoms with Gasteiger partial charge < -0.3 is 46.4 Å². The summed E-state index contributed by atoms with van der Waals surface area (Å²) in [5, 5.41) is 33.3. The van der Waals surface area contributed by atoms with Gasteiger partial charge in [0.15, 0.2) is 21.3 Å². The van der Waals surface area contributed by atoms with E-state index in [1.54, 1.807) is 24.3 Å². The largest absolute Gasteiger partial charge is 0.530 e. The number of carbonyl (C=O) groups excluding carboxylic acids is 4. The van der Waals surface area contributed by atoms with Gasteiger partial charge in [0.1, 0.15) is 17.1 Å². The van der Waals surface area contributed by atoms with Crippen LogP contribution in [0, 0.1) is 0 Å². The summed E-state index contributed by atoms with van der Waals surface area (Å²) in [6.07, 6.45) is -2.96. The lowest BCUT2D eigenvalue weighted by Gasteiger charge is -2.24. The van der Waals surface area contributed by atoms with Crippen molar-refractivity contribution in [2.45, 2.75) is 31.0 Å². The molecular weight excluding hydrogens is 564 g/mol. The number of aryl methyl sites for hydroxylation is 2. The second-order valence-electron chi connectivity index (χ2n) is 8.36. The maximum Gasteiger partial charge on any atom is 0.267 e. The SMILES string of the molecule is CC(=O)Nc1nc(CCc2ccc(NC(NC(=O)[O-])NC(=O)[O-])cc2)c(C(=O)Nc2ccc(S(C)(=O)=O)cc2)s1. The van der Waals surface area contributed by atoms with Gasteiger partial charge in [-0.15, -0.1) is 0 Å². The van der Waals surface area contributed by atoms with Crippen LogP contribution >= 0.6 is 11.3 Å². The minimum atomic E-state index is -3.39. The number of benzene rings is 2. The van der Waals surface area contributed by atoms with E-state index in [1.807, 2.05) is 10.6 Å². The predicted octanol–water partition coefficient (Wildman–Crippen LogP) is 0.104. The average Bonchev–Trinajstić information content (AvgIpc) is 3.24. The number of carbonyl (C=O) groups is 4. The minimum Gasteiger partial charge on any atom is -0.530 e. The Morgan fingerprint density at radius 3 is 1.98 bits per heavy atom. The summed E-state index contributed by atoms with van der Waals surface area (Å²) in [6.45, 7) is 1.31. The molecule has 1 heterocycles. The molecule has 0 saturated carbocycles. The lowest BCUT2D eigenvalue weighted by Crippen LogP contribution is -2.58. The van der Waals surface area contributed by atoms with E-state index in [4.69, 9.17) is 0 Å². The van der Waals surface area contributed by atoms with Crippen molar-refractivity contribution in [3.63, 3.8) is 0 Å². The highest BCUT2D eigenvalue weighted by atomic mass is 32.2. The molecule has 0 aliphatic rings. The molecule has 0 spiro atoms. The third-order valence-corrected chi connectivity index (χ3v) is 7.31. The molecule has 14 nitrogen and oxygen atoms in total. The quantitative estimate of drug-likeness (QED) is 0.190. The van der Waals surface area contributed by atoms with Gasteiger partial charge in [0.25, 0.3) is 5.91 Å². The highest BCUT2D eigenvalue weighted by Gasteiger charge is 2.19. The zero-order valence-electron chi connectivity index (χ0n) is 21.1. The zero-order chi connectivity index (χ0) is 29.4. The van der Waals surface area contributed by atoms with E-state index in [0.717, 1.165) is 23.2 Å². The van der Waals surface area contributed by atoms with Crippen LogP contribution in [-0.4, -0.2) is 49.9 Å². The molecule has 16 heteroatoms.